The van der Waals surface area contributed by atoms with Crippen molar-refractivity contribution in [1.82, 2.24) is 9.36 Å². The van der Waals surface area contributed by atoms with Crippen molar-refractivity contribution in [1.29, 1.82) is 0 Å². The van der Waals surface area contributed by atoms with Crippen molar-refractivity contribution in [3.05, 3.63) is 5.82 Å². The molecular weight excluding hydrogens is 232 g/mol. The molecule has 1 aromatic rings. The second kappa shape index (κ2) is 6.31. The van der Waals surface area contributed by atoms with Crippen LogP contribution in [0.5, 0.6) is 0 Å². The highest BCUT2D eigenvalue weighted by Gasteiger charge is 2.21. The summed E-state index contributed by atoms with van der Waals surface area (Å²) in [6.07, 6.45) is 8.18. The Morgan fingerprint density at radius 2 is 2.18 bits per heavy atom. The van der Waals surface area contributed by atoms with Gasteiger partial charge in [-0.1, -0.05) is 26.2 Å². The number of hydrogen-bond donors (Lipinski definition) is 2. The Hall–Kier alpha value is -0.680. The third-order valence-corrected chi connectivity index (χ3v) is 4.00. The summed E-state index contributed by atoms with van der Waals surface area (Å²) in [4.78, 5) is 4.50. The van der Waals surface area contributed by atoms with Gasteiger partial charge in [0.25, 0.3) is 0 Å². The molecule has 2 rings (SSSR count). The second-order valence-corrected chi connectivity index (χ2v) is 5.57. The summed E-state index contributed by atoms with van der Waals surface area (Å²) in [6, 6.07) is 0.635. The molecule has 1 fully saturated rings. The number of anilines is 1. The Morgan fingerprint density at radius 1 is 1.35 bits per heavy atom. The number of hydrogen-bond acceptors (Lipinski definition) is 5. The number of rotatable bonds is 4. The van der Waals surface area contributed by atoms with Crippen LogP contribution >= 0.6 is 11.5 Å². The van der Waals surface area contributed by atoms with Crippen molar-refractivity contribution >= 4 is 16.7 Å². The quantitative estimate of drug-likeness (QED) is 0.811. The first-order chi connectivity index (χ1) is 8.29. The number of nitrogens with one attached hydrogen (secondary N) is 1. The van der Waals surface area contributed by atoms with E-state index >= 15 is 0 Å². The van der Waals surface area contributed by atoms with Crippen LogP contribution in [0.25, 0.3) is 0 Å². The van der Waals surface area contributed by atoms with Gasteiger partial charge in [0.2, 0.25) is 5.13 Å². The molecule has 96 valence electrons. The molecule has 5 heteroatoms. The van der Waals surface area contributed by atoms with Gasteiger partial charge in [-0.15, -0.1) is 0 Å². The van der Waals surface area contributed by atoms with Gasteiger partial charge in [-0.05, 0) is 19.3 Å². The lowest BCUT2D eigenvalue weighted by Crippen LogP contribution is -2.39. The van der Waals surface area contributed by atoms with Gasteiger partial charge in [0, 0.05) is 30.0 Å². The fraction of sp³-hybridized carbons (Fsp3) is 0.833. The van der Waals surface area contributed by atoms with Crippen LogP contribution in [0.1, 0.15) is 51.3 Å². The second-order valence-electron chi connectivity index (χ2n) is 4.82. The van der Waals surface area contributed by atoms with Gasteiger partial charge < -0.3 is 11.1 Å². The van der Waals surface area contributed by atoms with Gasteiger partial charge in [-0.3, -0.25) is 0 Å². The number of nitrogens with zero attached hydrogens (tertiary/aromatic N) is 2. The molecule has 0 radical (unpaired) electrons. The topological polar surface area (TPSA) is 63.8 Å². The maximum atomic E-state index is 6.19. The zero-order valence-corrected chi connectivity index (χ0v) is 11.3. The first-order valence-electron chi connectivity index (χ1n) is 6.64. The van der Waals surface area contributed by atoms with Crippen molar-refractivity contribution in [2.24, 2.45) is 5.73 Å². The summed E-state index contributed by atoms with van der Waals surface area (Å²) in [5.74, 6) is 0.960. The van der Waals surface area contributed by atoms with E-state index in [4.69, 9.17) is 5.73 Å². The zero-order chi connectivity index (χ0) is 12.1. The first kappa shape index (κ1) is 12.8. The molecule has 2 unspecified atom stereocenters. The molecule has 3 N–H and O–H groups in total. The summed E-state index contributed by atoms with van der Waals surface area (Å²) in [5.41, 5.74) is 6.19. The van der Waals surface area contributed by atoms with Gasteiger partial charge in [-0.25, -0.2) is 4.98 Å². The number of aryl methyl sites for hydroxylation is 1. The van der Waals surface area contributed by atoms with Crippen LogP contribution in [-0.4, -0.2) is 21.4 Å². The molecule has 1 aromatic heterocycles. The van der Waals surface area contributed by atoms with Crippen LogP contribution in [0, 0.1) is 0 Å². The van der Waals surface area contributed by atoms with Crippen molar-refractivity contribution in [2.75, 3.05) is 5.32 Å². The Bertz CT molecular complexity index is 339. The largest absolute Gasteiger partial charge is 0.356 e. The SMILES string of the molecule is CCCc1nsc(NC2CCCCCC2N)n1. The van der Waals surface area contributed by atoms with Gasteiger partial charge >= 0.3 is 0 Å². The molecule has 0 bridgehead atoms. The van der Waals surface area contributed by atoms with E-state index in [0.29, 0.717) is 6.04 Å². The standard InChI is InChI=1S/C12H22N4S/c1-2-6-11-15-12(17-16-11)14-10-8-5-3-4-7-9(10)13/h9-10H,2-8,13H2,1H3,(H,14,15,16). The minimum atomic E-state index is 0.260. The Labute approximate surface area is 107 Å². The maximum absolute atomic E-state index is 6.19. The summed E-state index contributed by atoms with van der Waals surface area (Å²) < 4.78 is 4.35. The van der Waals surface area contributed by atoms with Crippen LogP contribution in [0.15, 0.2) is 0 Å². The highest BCUT2D eigenvalue weighted by atomic mass is 32.1. The van der Waals surface area contributed by atoms with Gasteiger partial charge in [0.15, 0.2) is 0 Å². The molecular formula is C12H22N4S. The summed E-state index contributed by atoms with van der Waals surface area (Å²) in [5, 5.41) is 4.41. The molecule has 1 heterocycles. The lowest BCUT2D eigenvalue weighted by molar-refractivity contribution is 0.528. The molecule has 17 heavy (non-hydrogen) atoms. The van der Waals surface area contributed by atoms with E-state index in [-0.39, 0.29) is 6.04 Å². The van der Waals surface area contributed by atoms with Gasteiger partial charge in [-0.2, -0.15) is 4.37 Å². The maximum Gasteiger partial charge on any atom is 0.202 e. The third kappa shape index (κ3) is 3.64. The fourth-order valence-electron chi connectivity index (χ4n) is 2.31. The molecule has 0 aromatic carbocycles. The molecule has 1 aliphatic carbocycles. The molecule has 0 amide bonds. The smallest absolute Gasteiger partial charge is 0.202 e. The van der Waals surface area contributed by atoms with E-state index in [2.05, 4.69) is 21.6 Å². The minimum Gasteiger partial charge on any atom is -0.356 e. The lowest BCUT2D eigenvalue weighted by atomic mass is 10.0. The summed E-state index contributed by atoms with van der Waals surface area (Å²) >= 11 is 1.46. The van der Waals surface area contributed by atoms with E-state index in [1.165, 1.54) is 30.8 Å². The summed E-state index contributed by atoms with van der Waals surface area (Å²) in [6.45, 7) is 2.15. The Morgan fingerprint density at radius 3 is 3.00 bits per heavy atom. The monoisotopic (exact) mass is 254 g/mol. The van der Waals surface area contributed by atoms with E-state index < -0.39 is 0 Å². The summed E-state index contributed by atoms with van der Waals surface area (Å²) in [7, 11) is 0. The fourth-order valence-corrected chi connectivity index (χ4v) is 2.99. The van der Waals surface area contributed by atoms with E-state index in [0.717, 1.165) is 36.6 Å². The molecule has 2 atom stereocenters. The molecule has 1 aliphatic rings. The lowest BCUT2D eigenvalue weighted by Gasteiger charge is -2.21. The van der Waals surface area contributed by atoms with Gasteiger partial charge in [0.05, 0.1) is 0 Å². The van der Waals surface area contributed by atoms with Crippen LogP contribution in [0.3, 0.4) is 0 Å². The number of nitrogens with two attached hydrogens (primary N) is 1. The average molecular weight is 254 g/mol. The third-order valence-electron chi connectivity index (χ3n) is 3.32. The molecule has 0 aliphatic heterocycles. The van der Waals surface area contributed by atoms with Crippen molar-refractivity contribution in [2.45, 2.75) is 64.0 Å². The van der Waals surface area contributed by atoms with Crippen molar-refractivity contribution in [3.8, 4) is 0 Å². The Kier molecular flexibility index (Phi) is 4.74. The van der Waals surface area contributed by atoms with E-state index in [1.54, 1.807) is 0 Å². The van der Waals surface area contributed by atoms with Crippen LogP contribution in [0.2, 0.25) is 0 Å². The van der Waals surface area contributed by atoms with E-state index in [1.807, 2.05) is 0 Å². The highest BCUT2D eigenvalue weighted by Crippen LogP contribution is 2.21. The van der Waals surface area contributed by atoms with Gasteiger partial charge in [0.1, 0.15) is 5.82 Å². The Balaban J connectivity index is 1.93. The normalized spacial score (nSPS) is 25.5. The minimum absolute atomic E-state index is 0.260. The molecule has 1 saturated carbocycles. The molecule has 0 spiro atoms. The van der Waals surface area contributed by atoms with Crippen LogP contribution < -0.4 is 11.1 Å². The van der Waals surface area contributed by atoms with E-state index in [9.17, 15) is 0 Å². The first-order valence-corrected chi connectivity index (χ1v) is 7.41. The average Bonchev–Trinajstić information content (AvgIpc) is 2.65. The van der Waals surface area contributed by atoms with Crippen molar-refractivity contribution < 1.29 is 0 Å². The predicted molar refractivity (Wildman–Crippen MR) is 72.4 cm³/mol. The van der Waals surface area contributed by atoms with Crippen LogP contribution in [-0.2, 0) is 6.42 Å². The molecule has 4 nitrogen and oxygen atoms in total. The molecule has 0 saturated heterocycles. The number of aromatic nitrogens is 2. The highest BCUT2D eigenvalue weighted by molar-refractivity contribution is 7.09. The van der Waals surface area contributed by atoms with Crippen LogP contribution in [0.4, 0.5) is 5.13 Å². The predicted octanol–water partition coefficient (Wildman–Crippen LogP) is 2.56. The van der Waals surface area contributed by atoms with Crippen molar-refractivity contribution in [3.63, 3.8) is 0 Å². The zero-order valence-electron chi connectivity index (χ0n) is 10.5.